The van der Waals surface area contributed by atoms with Gasteiger partial charge >= 0.3 is 5.97 Å². The van der Waals surface area contributed by atoms with Gasteiger partial charge < -0.3 is 14.6 Å². The summed E-state index contributed by atoms with van der Waals surface area (Å²) in [4.78, 5) is 11.0. The molecule has 94 valence electrons. The van der Waals surface area contributed by atoms with Crippen molar-refractivity contribution in [3.63, 3.8) is 0 Å². The van der Waals surface area contributed by atoms with Crippen LogP contribution in [-0.4, -0.2) is 43.5 Å². The van der Waals surface area contributed by atoms with Gasteiger partial charge in [0.05, 0.1) is 6.61 Å². The summed E-state index contributed by atoms with van der Waals surface area (Å²) >= 11 is 0. The molecule has 0 aliphatic heterocycles. The third kappa shape index (κ3) is 8.37. The summed E-state index contributed by atoms with van der Waals surface area (Å²) in [5.74, 6) is 4.55. The molecular formula is C10H20N2O4. The lowest BCUT2D eigenvalue weighted by Crippen LogP contribution is -2.26. The van der Waals surface area contributed by atoms with Crippen molar-refractivity contribution in [1.82, 2.24) is 5.43 Å². The SMILES string of the molecule is C=C(C)C(=O)OCC(O)COCCCNN. The highest BCUT2D eigenvalue weighted by Crippen LogP contribution is 1.95. The van der Waals surface area contributed by atoms with Gasteiger partial charge in [0.15, 0.2) is 0 Å². The van der Waals surface area contributed by atoms with Gasteiger partial charge in [-0.25, -0.2) is 4.79 Å². The van der Waals surface area contributed by atoms with Gasteiger partial charge in [0, 0.05) is 18.7 Å². The molecule has 0 saturated heterocycles. The third-order valence-corrected chi connectivity index (χ3v) is 1.68. The summed E-state index contributed by atoms with van der Waals surface area (Å²) in [6, 6.07) is 0. The van der Waals surface area contributed by atoms with E-state index in [2.05, 4.69) is 12.0 Å². The Hall–Kier alpha value is -0.950. The van der Waals surface area contributed by atoms with Crippen molar-refractivity contribution in [3.05, 3.63) is 12.2 Å². The van der Waals surface area contributed by atoms with Crippen molar-refractivity contribution in [2.24, 2.45) is 5.84 Å². The number of hydrazine groups is 1. The normalized spacial score (nSPS) is 12.2. The van der Waals surface area contributed by atoms with Gasteiger partial charge in [-0.2, -0.15) is 0 Å². The Morgan fingerprint density at radius 2 is 2.25 bits per heavy atom. The van der Waals surface area contributed by atoms with Crippen LogP contribution >= 0.6 is 0 Å². The molecule has 0 bridgehead atoms. The van der Waals surface area contributed by atoms with E-state index in [0.717, 1.165) is 6.42 Å². The number of esters is 1. The molecule has 0 aliphatic rings. The predicted molar refractivity (Wildman–Crippen MR) is 59.4 cm³/mol. The van der Waals surface area contributed by atoms with Gasteiger partial charge in [0.2, 0.25) is 0 Å². The van der Waals surface area contributed by atoms with Crippen LogP contribution in [0.4, 0.5) is 0 Å². The second-order valence-electron chi connectivity index (χ2n) is 3.42. The molecule has 6 heteroatoms. The van der Waals surface area contributed by atoms with Crippen LogP contribution in [0.25, 0.3) is 0 Å². The number of ether oxygens (including phenoxy) is 2. The van der Waals surface area contributed by atoms with Gasteiger partial charge in [0.1, 0.15) is 12.7 Å². The highest BCUT2D eigenvalue weighted by molar-refractivity contribution is 5.86. The van der Waals surface area contributed by atoms with Crippen molar-refractivity contribution < 1.29 is 19.4 Å². The number of rotatable bonds is 9. The highest BCUT2D eigenvalue weighted by atomic mass is 16.5. The molecule has 0 fully saturated rings. The van der Waals surface area contributed by atoms with E-state index >= 15 is 0 Å². The Morgan fingerprint density at radius 3 is 2.81 bits per heavy atom. The summed E-state index contributed by atoms with van der Waals surface area (Å²) in [6.07, 6.45) is -0.0523. The average molecular weight is 232 g/mol. The molecule has 0 saturated carbocycles. The molecule has 0 amide bonds. The maximum absolute atomic E-state index is 11.0. The molecule has 0 radical (unpaired) electrons. The number of carbonyl (C=O) groups is 1. The summed E-state index contributed by atoms with van der Waals surface area (Å²) in [5.41, 5.74) is 2.79. The lowest BCUT2D eigenvalue weighted by Gasteiger charge is -2.11. The fourth-order valence-electron chi connectivity index (χ4n) is 0.839. The molecule has 0 rings (SSSR count). The first-order valence-electron chi connectivity index (χ1n) is 5.09. The minimum atomic E-state index is -0.811. The molecule has 0 aromatic carbocycles. The predicted octanol–water partition coefficient (Wildman–Crippen LogP) is -0.663. The fourth-order valence-corrected chi connectivity index (χ4v) is 0.839. The lowest BCUT2D eigenvalue weighted by atomic mass is 10.3. The van der Waals surface area contributed by atoms with E-state index in [4.69, 9.17) is 15.3 Å². The first-order valence-corrected chi connectivity index (χ1v) is 5.09. The number of nitrogens with one attached hydrogen (secondary N) is 1. The average Bonchev–Trinajstić information content (AvgIpc) is 2.25. The zero-order valence-electron chi connectivity index (χ0n) is 9.57. The van der Waals surface area contributed by atoms with Crippen molar-refractivity contribution in [2.45, 2.75) is 19.4 Å². The molecule has 0 aromatic rings. The number of carbonyl (C=O) groups excluding carboxylic acids is 1. The molecule has 16 heavy (non-hydrogen) atoms. The molecule has 1 atom stereocenters. The number of nitrogens with two attached hydrogens (primary N) is 1. The Labute approximate surface area is 95.4 Å². The molecule has 4 N–H and O–H groups in total. The van der Waals surface area contributed by atoms with Crippen LogP contribution in [0.15, 0.2) is 12.2 Å². The van der Waals surface area contributed by atoms with E-state index in [0.29, 0.717) is 18.7 Å². The van der Waals surface area contributed by atoms with Crippen LogP contribution in [0.5, 0.6) is 0 Å². The largest absolute Gasteiger partial charge is 0.460 e. The van der Waals surface area contributed by atoms with E-state index in [9.17, 15) is 9.90 Å². The number of aliphatic hydroxyl groups is 1. The van der Waals surface area contributed by atoms with Crippen molar-refractivity contribution in [3.8, 4) is 0 Å². The van der Waals surface area contributed by atoms with Gasteiger partial charge in [-0.3, -0.25) is 11.3 Å². The van der Waals surface area contributed by atoms with Crippen molar-refractivity contribution >= 4 is 5.97 Å². The third-order valence-electron chi connectivity index (χ3n) is 1.68. The minimum Gasteiger partial charge on any atom is -0.460 e. The van der Waals surface area contributed by atoms with Crippen LogP contribution < -0.4 is 11.3 Å². The van der Waals surface area contributed by atoms with Crippen LogP contribution in [-0.2, 0) is 14.3 Å². The topological polar surface area (TPSA) is 93.8 Å². The van der Waals surface area contributed by atoms with Crippen molar-refractivity contribution in [1.29, 1.82) is 0 Å². The van der Waals surface area contributed by atoms with Crippen molar-refractivity contribution in [2.75, 3.05) is 26.4 Å². The highest BCUT2D eigenvalue weighted by Gasteiger charge is 2.09. The lowest BCUT2D eigenvalue weighted by molar-refractivity contribution is -0.143. The Balaban J connectivity index is 3.41. The monoisotopic (exact) mass is 232 g/mol. The minimum absolute atomic E-state index is 0.0825. The fraction of sp³-hybridized carbons (Fsp3) is 0.700. The molecule has 0 aromatic heterocycles. The molecule has 0 heterocycles. The number of aliphatic hydroxyl groups excluding tert-OH is 1. The molecule has 6 nitrogen and oxygen atoms in total. The standard InChI is InChI=1S/C10H20N2O4/c1-8(2)10(14)16-7-9(13)6-15-5-3-4-12-11/h9,12-13H,1,3-7,11H2,2H3. The van der Waals surface area contributed by atoms with Crippen LogP contribution in [0.2, 0.25) is 0 Å². The van der Waals surface area contributed by atoms with Crippen LogP contribution in [0.3, 0.4) is 0 Å². The number of hydrogen-bond donors (Lipinski definition) is 3. The van der Waals surface area contributed by atoms with Crippen LogP contribution in [0, 0.1) is 0 Å². The number of hydrogen-bond acceptors (Lipinski definition) is 6. The molecular weight excluding hydrogens is 212 g/mol. The summed E-state index contributed by atoms with van der Waals surface area (Å²) in [5, 5.41) is 9.36. The van der Waals surface area contributed by atoms with E-state index in [-0.39, 0.29) is 13.2 Å². The zero-order chi connectivity index (χ0) is 12.4. The molecule has 0 aliphatic carbocycles. The maximum atomic E-state index is 11.0. The maximum Gasteiger partial charge on any atom is 0.333 e. The molecule has 0 spiro atoms. The van der Waals surface area contributed by atoms with Gasteiger partial charge in [-0.15, -0.1) is 0 Å². The van der Waals surface area contributed by atoms with Gasteiger partial charge in [-0.05, 0) is 13.3 Å². The quantitative estimate of drug-likeness (QED) is 0.161. The van der Waals surface area contributed by atoms with E-state index in [1.165, 1.54) is 0 Å². The summed E-state index contributed by atoms with van der Waals surface area (Å²) in [7, 11) is 0. The Kier molecular flexibility index (Phi) is 8.74. The molecule has 1 unspecified atom stereocenters. The first kappa shape index (κ1) is 15.0. The van der Waals surface area contributed by atoms with E-state index in [1.807, 2.05) is 0 Å². The summed E-state index contributed by atoms with van der Waals surface area (Å²) < 4.78 is 9.87. The smallest absolute Gasteiger partial charge is 0.333 e. The zero-order valence-corrected chi connectivity index (χ0v) is 9.57. The van der Waals surface area contributed by atoms with Crippen LogP contribution in [0.1, 0.15) is 13.3 Å². The second kappa shape index (κ2) is 9.29. The van der Waals surface area contributed by atoms with Gasteiger partial charge in [0.25, 0.3) is 0 Å². The first-order chi connectivity index (χ1) is 7.57. The van der Waals surface area contributed by atoms with E-state index in [1.54, 1.807) is 6.92 Å². The van der Waals surface area contributed by atoms with E-state index < -0.39 is 12.1 Å². The summed E-state index contributed by atoms with van der Waals surface area (Å²) in [6.45, 7) is 6.17. The van der Waals surface area contributed by atoms with Gasteiger partial charge in [-0.1, -0.05) is 6.58 Å². The Bertz CT molecular complexity index is 221. The Morgan fingerprint density at radius 1 is 1.56 bits per heavy atom. The second-order valence-corrected chi connectivity index (χ2v) is 3.42.